The van der Waals surface area contributed by atoms with Crippen LogP contribution in [0.2, 0.25) is 0 Å². The number of carbonyl (C=O) groups excluding carboxylic acids is 1. The van der Waals surface area contributed by atoms with E-state index in [9.17, 15) is 35.7 Å². The highest BCUT2D eigenvalue weighted by Gasteiger charge is 2.38. The minimum absolute atomic E-state index is 0.138. The number of nitrogens with one attached hydrogen (secondary N) is 3. The summed E-state index contributed by atoms with van der Waals surface area (Å²) in [4.78, 5) is 20.3. The first-order chi connectivity index (χ1) is 17.1. The molecule has 7 nitrogen and oxygen atoms in total. The summed E-state index contributed by atoms with van der Waals surface area (Å²) < 4.78 is 90.6. The summed E-state index contributed by atoms with van der Waals surface area (Å²) in [5.74, 6) is -2.14. The Bertz CT molecular complexity index is 1130. The van der Waals surface area contributed by atoms with Crippen LogP contribution in [0.5, 0.6) is 0 Å². The molecular formula is C23H28F6N5O2P. The average Bonchev–Trinajstić information content (AvgIpc) is 2.77. The highest BCUT2D eigenvalue weighted by molar-refractivity contribution is 7.70. The van der Waals surface area contributed by atoms with Crippen molar-refractivity contribution in [2.75, 3.05) is 30.5 Å². The minimum Gasteiger partial charge on any atom is -0.366 e. The molecule has 1 aliphatic carbocycles. The predicted molar refractivity (Wildman–Crippen MR) is 129 cm³/mol. The molecule has 0 bridgehead atoms. The Kier molecular flexibility index (Phi) is 8.77. The molecule has 0 aliphatic heterocycles. The summed E-state index contributed by atoms with van der Waals surface area (Å²) in [6.45, 7) is 2.62. The predicted octanol–water partition coefficient (Wildman–Crippen LogP) is 5.53. The molecule has 1 aromatic heterocycles. The van der Waals surface area contributed by atoms with Crippen molar-refractivity contribution in [1.29, 1.82) is 0 Å². The molecule has 2 aromatic rings. The van der Waals surface area contributed by atoms with Gasteiger partial charge in [-0.3, -0.25) is 4.79 Å². The molecule has 37 heavy (non-hydrogen) atoms. The number of benzene rings is 1. The number of anilines is 3. The highest BCUT2D eigenvalue weighted by atomic mass is 31.2. The van der Waals surface area contributed by atoms with Crippen LogP contribution >= 0.6 is 7.14 Å². The molecule has 0 spiro atoms. The number of hydrogen-bond acceptors (Lipinski definition) is 6. The van der Waals surface area contributed by atoms with E-state index in [-0.39, 0.29) is 5.95 Å². The van der Waals surface area contributed by atoms with Crippen molar-refractivity contribution in [3.63, 3.8) is 0 Å². The molecule has 0 saturated heterocycles. The van der Waals surface area contributed by atoms with Crippen molar-refractivity contribution in [2.24, 2.45) is 5.92 Å². The normalized spacial score (nSPS) is 18.8. The number of aromatic nitrogens is 2. The maximum atomic E-state index is 13.7. The number of amides is 1. The standard InChI is InChI=1S/C23H28F6N5O2P/c1-37(2,36)15-9-7-14(8-10-15)32-21-31-13-17(23(27,28)29)19(34-21)33-18-6-4-3-5-16(18)20(35)30-12-11-22(24,25)26/h7-10,13,16,18H,3-6,11-12H2,1-2H3,(H,30,35)(H2,31,32,33,34). The third kappa shape index (κ3) is 8.34. The molecule has 1 aliphatic rings. The van der Waals surface area contributed by atoms with E-state index >= 15 is 0 Å². The van der Waals surface area contributed by atoms with Gasteiger partial charge in [-0.05, 0) is 50.4 Å². The molecule has 1 fully saturated rings. The van der Waals surface area contributed by atoms with Gasteiger partial charge < -0.3 is 20.5 Å². The molecule has 3 rings (SSSR count). The smallest absolute Gasteiger partial charge is 0.366 e. The molecule has 204 valence electrons. The Labute approximate surface area is 210 Å². The second-order valence-corrected chi connectivity index (χ2v) is 12.5. The molecule has 1 heterocycles. The molecule has 14 heteroatoms. The Morgan fingerprint density at radius 1 is 1.05 bits per heavy atom. The third-order valence-electron chi connectivity index (χ3n) is 5.97. The SMILES string of the molecule is CP(C)(=O)c1ccc(Nc2ncc(C(F)(F)F)c(NC3CCCCC3C(=O)NCCC(F)(F)F)n2)cc1. The van der Waals surface area contributed by atoms with Gasteiger partial charge in [0.15, 0.2) is 0 Å². The molecule has 3 N–H and O–H groups in total. The van der Waals surface area contributed by atoms with E-state index in [2.05, 4.69) is 25.9 Å². The van der Waals surface area contributed by atoms with Gasteiger partial charge in [-0.1, -0.05) is 12.8 Å². The number of nitrogens with zero attached hydrogens (tertiary/aromatic N) is 2. The van der Waals surface area contributed by atoms with E-state index in [4.69, 9.17) is 0 Å². The number of hydrogen-bond donors (Lipinski definition) is 3. The lowest BCUT2D eigenvalue weighted by molar-refractivity contribution is -0.138. The number of rotatable bonds is 8. The summed E-state index contributed by atoms with van der Waals surface area (Å²) in [6.07, 6.45) is -7.88. The zero-order chi connectivity index (χ0) is 27.4. The van der Waals surface area contributed by atoms with Gasteiger partial charge in [-0.2, -0.15) is 31.3 Å². The van der Waals surface area contributed by atoms with Crippen molar-refractivity contribution in [1.82, 2.24) is 15.3 Å². The van der Waals surface area contributed by atoms with Crippen LogP contribution < -0.4 is 21.3 Å². The van der Waals surface area contributed by atoms with Gasteiger partial charge >= 0.3 is 12.4 Å². The fourth-order valence-electron chi connectivity index (χ4n) is 4.04. The van der Waals surface area contributed by atoms with Gasteiger partial charge in [0.05, 0.1) is 12.3 Å². The first-order valence-corrected chi connectivity index (χ1v) is 14.2. The van der Waals surface area contributed by atoms with Gasteiger partial charge in [0.2, 0.25) is 11.9 Å². The second-order valence-electron chi connectivity index (χ2n) is 9.27. The van der Waals surface area contributed by atoms with Crippen molar-refractivity contribution < 1.29 is 35.7 Å². The molecule has 1 amide bonds. The Balaban J connectivity index is 1.80. The van der Waals surface area contributed by atoms with Crippen LogP contribution in [0.3, 0.4) is 0 Å². The molecule has 2 atom stereocenters. The van der Waals surface area contributed by atoms with Crippen LogP contribution in [0.25, 0.3) is 0 Å². The van der Waals surface area contributed by atoms with E-state index in [1.807, 2.05) is 0 Å². The summed E-state index contributed by atoms with van der Waals surface area (Å²) in [5.41, 5.74) is -0.671. The van der Waals surface area contributed by atoms with Gasteiger partial charge in [-0.15, -0.1) is 0 Å². The van der Waals surface area contributed by atoms with Crippen LogP contribution in [0.15, 0.2) is 30.5 Å². The third-order valence-corrected chi connectivity index (χ3v) is 7.51. The van der Waals surface area contributed by atoms with Crippen LogP contribution in [-0.2, 0) is 15.5 Å². The van der Waals surface area contributed by atoms with Crippen molar-refractivity contribution in [3.8, 4) is 0 Å². The Hall–Kier alpha value is -2.82. The molecule has 2 unspecified atom stereocenters. The van der Waals surface area contributed by atoms with Crippen LogP contribution in [0, 0.1) is 5.92 Å². The monoisotopic (exact) mass is 551 g/mol. The largest absolute Gasteiger partial charge is 0.421 e. The summed E-state index contributed by atoms with van der Waals surface area (Å²) in [6, 6.07) is 5.72. The van der Waals surface area contributed by atoms with Crippen molar-refractivity contribution >= 4 is 35.8 Å². The lowest BCUT2D eigenvalue weighted by Gasteiger charge is -2.32. The van der Waals surface area contributed by atoms with Crippen LogP contribution in [0.4, 0.5) is 43.8 Å². The first kappa shape index (κ1) is 28.7. The molecular weight excluding hydrogens is 523 g/mol. The van der Waals surface area contributed by atoms with E-state index in [0.29, 0.717) is 42.9 Å². The lowest BCUT2D eigenvalue weighted by atomic mass is 9.83. The maximum absolute atomic E-state index is 13.7. The fourth-order valence-corrected chi connectivity index (χ4v) is 4.91. The van der Waals surface area contributed by atoms with E-state index in [0.717, 1.165) is 0 Å². The average molecular weight is 551 g/mol. The maximum Gasteiger partial charge on any atom is 0.421 e. The van der Waals surface area contributed by atoms with Gasteiger partial charge in [0.1, 0.15) is 18.5 Å². The van der Waals surface area contributed by atoms with Crippen molar-refractivity contribution in [3.05, 3.63) is 36.0 Å². The van der Waals surface area contributed by atoms with E-state index in [1.165, 1.54) is 0 Å². The lowest BCUT2D eigenvalue weighted by Crippen LogP contribution is -2.44. The zero-order valence-electron chi connectivity index (χ0n) is 20.2. The second kappa shape index (κ2) is 11.3. The Morgan fingerprint density at radius 3 is 2.30 bits per heavy atom. The zero-order valence-corrected chi connectivity index (χ0v) is 21.1. The van der Waals surface area contributed by atoms with Gasteiger partial charge in [-0.25, -0.2) is 4.98 Å². The molecule has 0 radical (unpaired) electrons. The van der Waals surface area contributed by atoms with E-state index < -0.39 is 61.7 Å². The number of carbonyl (C=O) groups is 1. The quantitative estimate of drug-likeness (QED) is 0.295. The van der Waals surface area contributed by atoms with E-state index in [1.54, 1.807) is 37.6 Å². The van der Waals surface area contributed by atoms with Crippen LogP contribution in [0.1, 0.15) is 37.7 Å². The Morgan fingerprint density at radius 2 is 1.70 bits per heavy atom. The molecule has 1 aromatic carbocycles. The minimum atomic E-state index is -4.79. The highest BCUT2D eigenvalue weighted by Crippen LogP contribution is 2.37. The van der Waals surface area contributed by atoms with Crippen molar-refractivity contribution in [2.45, 2.75) is 50.5 Å². The van der Waals surface area contributed by atoms with Gasteiger partial charge in [0, 0.05) is 29.8 Å². The summed E-state index contributed by atoms with van der Waals surface area (Å²) in [7, 11) is -2.49. The fraction of sp³-hybridized carbons (Fsp3) is 0.522. The number of halogens is 6. The first-order valence-electron chi connectivity index (χ1n) is 11.6. The summed E-state index contributed by atoms with van der Waals surface area (Å²) in [5, 5.41) is 8.40. The summed E-state index contributed by atoms with van der Waals surface area (Å²) >= 11 is 0. The molecule has 1 saturated carbocycles. The van der Waals surface area contributed by atoms with Gasteiger partial charge in [0.25, 0.3) is 0 Å². The van der Waals surface area contributed by atoms with Crippen LogP contribution in [-0.4, -0.2) is 48.0 Å². The topological polar surface area (TPSA) is 96.0 Å². The number of alkyl halides is 6.